The van der Waals surface area contributed by atoms with Crippen LogP contribution in [0.2, 0.25) is 5.02 Å². The third-order valence-corrected chi connectivity index (χ3v) is 3.74. The summed E-state index contributed by atoms with van der Waals surface area (Å²) in [5.74, 6) is 0. The lowest BCUT2D eigenvalue weighted by Crippen LogP contribution is -2.23. The molecule has 2 rings (SSSR count). The first-order valence-electron chi connectivity index (χ1n) is 5.23. The molecule has 0 saturated heterocycles. The Morgan fingerprint density at radius 1 is 1.44 bits per heavy atom. The Balaban J connectivity index is 2.15. The van der Waals surface area contributed by atoms with Crippen LogP contribution in [0.25, 0.3) is 10.2 Å². The molecule has 1 aromatic heterocycles. The van der Waals surface area contributed by atoms with Gasteiger partial charge in [0.15, 0.2) is 5.13 Å². The van der Waals surface area contributed by atoms with Crippen molar-refractivity contribution < 1.29 is 13.2 Å². The van der Waals surface area contributed by atoms with E-state index >= 15 is 0 Å². The highest BCUT2D eigenvalue weighted by Crippen LogP contribution is 2.32. The summed E-state index contributed by atoms with van der Waals surface area (Å²) in [6.45, 7) is 1.47. The number of thiazole rings is 1. The van der Waals surface area contributed by atoms with Crippen LogP contribution in [0.5, 0.6) is 0 Å². The van der Waals surface area contributed by atoms with Crippen molar-refractivity contribution in [2.75, 3.05) is 5.32 Å². The highest BCUT2D eigenvalue weighted by Gasteiger charge is 2.30. The van der Waals surface area contributed by atoms with Gasteiger partial charge in [-0.1, -0.05) is 29.0 Å². The molecule has 0 fully saturated rings. The SMILES string of the molecule is CC(CC(F)(F)F)Nc1nc2cccc(Cl)c2s1. The summed E-state index contributed by atoms with van der Waals surface area (Å²) in [5.41, 5.74) is 0.689. The van der Waals surface area contributed by atoms with E-state index in [1.165, 1.54) is 18.3 Å². The van der Waals surface area contributed by atoms with Crippen molar-refractivity contribution in [3.8, 4) is 0 Å². The molecule has 0 aliphatic rings. The molecule has 1 N–H and O–H groups in total. The molecule has 1 heterocycles. The van der Waals surface area contributed by atoms with E-state index < -0.39 is 18.6 Å². The summed E-state index contributed by atoms with van der Waals surface area (Å²) in [6, 6.07) is 4.54. The fraction of sp³-hybridized carbons (Fsp3) is 0.364. The number of nitrogens with zero attached hydrogens (tertiary/aromatic N) is 1. The highest BCUT2D eigenvalue weighted by atomic mass is 35.5. The third-order valence-electron chi connectivity index (χ3n) is 2.27. The zero-order chi connectivity index (χ0) is 13.3. The second-order valence-electron chi connectivity index (χ2n) is 3.97. The fourth-order valence-electron chi connectivity index (χ4n) is 1.59. The summed E-state index contributed by atoms with van der Waals surface area (Å²) in [4.78, 5) is 4.20. The van der Waals surface area contributed by atoms with Crippen LogP contribution in [-0.4, -0.2) is 17.2 Å². The van der Waals surface area contributed by atoms with Gasteiger partial charge in [0.2, 0.25) is 0 Å². The molecule has 1 aromatic carbocycles. The van der Waals surface area contributed by atoms with E-state index in [0.717, 1.165) is 4.70 Å². The Bertz CT molecular complexity index is 553. The first-order chi connectivity index (χ1) is 8.35. The zero-order valence-corrected chi connectivity index (χ0v) is 11.0. The molecule has 2 nitrogen and oxygen atoms in total. The van der Waals surface area contributed by atoms with Gasteiger partial charge in [-0.2, -0.15) is 13.2 Å². The second-order valence-corrected chi connectivity index (χ2v) is 5.38. The highest BCUT2D eigenvalue weighted by molar-refractivity contribution is 7.22. The van der Waals surface area contributed by atoms with Crippen LogP contribution in [-0.2, 0) is 0 Å². The van der Waals surface area contributed by atoms with Gasteiger partial charge in [0, 0.05) is 6.04 Å². The summed E-state index contributed by atoms with van der Waals surface area (Å²) in [7, 11) is 0. The summed E-state index contributed by atoms with van der Waals surface area (Å²) in [6.07, 6.45) is -5.07. The average molecular weight is 295 g/mol. The maximum absolute atomic E-state index is 12.2. The molecule has 0 radical (unpaired) electrons. The number of hydrogen-bond acceptors (Lipinski definition) is 3. The molecular weight excluding hydrogens is 285 g/mol. The smallest absolute Gasteiger partial charge is 0.359 e. The van der Waals surface area contributed by atoms with Crippen molar-refractivity contribution in [2.45, 2.75) is 25.6 Å². The topological polar surface area (TPSA) is 24.9 Å². The van der Waals surface area contributed by atoms with Crippen molar-refractivity contribution in [1.82, 2.24) is 4.98 Å². The molecule has 18 heavy (non-hydrogen) atoms. The zero-order valence-electron chi connectivity index (χ0n) is 9.38. The monoisotopic (exact) mass is 294 g/mol. The summed E-state index contributed by atoms with van der Waals surface area (Å²) in [5, 5.41) is 3.75. The number of hydrogen-bond donors (Lipinski definition) is 1. The molecule has 1 atom stereocenters. The molecule has 1 unspecified atom stereocenters. The minimum absolute atomic E-state index is 0.454. The van der Waals surface area contributed by atoms with E-state index in [-0.39, 0.29) is 0 Å². The lowest BCUT2D eigenvalue weighted by atomic mass is 10.2. The molecule has 0 amide bonds. The maximum atomic E-state index is 12.2. The normalized spacial score (nSPS) is 13.8. The summed E-state index contributed by atoms with van der Waals surface area (Å²) >= 11 is 7.23. The molecular formula is C11H10ClF3N2S. The van der Waals surface area contributed by atoms with Crippen LogP contribution in [0, 0.1) is 0 Å². The summed E-state index contributed by atoms with van der Waals surface area (Å²) < 4.78 is 37.4. The lowest BCUT2D eigenvalue weighted by Gasteiger charge is -2.14. The van der Waals surface area contributed by atoms with Gasteiger partial charge in [-0.25, -0.2) is 4.98 Å². The predicted octanol–water partition coefficient (Wildman–Crippen LogP) is 4.70. The van der Waals surface area contributed by atoms with Gasteiger partial charge >= 0.3 is 6.18 Å². The van der Waals surface area contributed by atoms with E-state index in [1.807, 2.05) is 0 Å². The lowest BCUT2D eigenvalue weighted by molar-refractivity contribution is -0.136. The Kier molecular flexibility index (Phi) is 3.68. The van der Waals surface area contributed by atoms with Gasteiger partial charge in [-0.3, -0.25) is 0 Å². The van der Waals surface area contributed by atoms with Crippen LogP contribution < -0.4 is 5.32 Å². The number of alkyl halides is 3. The van der Waals surface area contributed by atoms with Crippen LogP contribution in [0.3, 0.4) is 0 Å². The van der Waals surface area contributed by atoms with E-state index in [1.54, 1.807) is 18.2 Å². The number of fused-ring (bicyclic) bond motifs is 1. The van der Waals surface area contributed by atoms with E-state index in [9.17, 15) is 13.2 Å². The van der Waals surface area contributed by atoms with Gasteiger partial charge < -0.3 is 5.32 Å². The minimum atomic E-state index is -4.18. The predicted molar refractivity (Wildman–Crippen MR) is 68.4 cm³/mol. The standard InChI is InChI=1S/C11H10ClF3N2S/c1-6(5-11(13,14)15)16-10-17-8-4-2-3-7(12)9(8)18-10/h2-4,6H,5H2,1H3,(H,16,17). The average Bonchev–Trinajstić information content (AvgIpc) is 2.58. The number of anilines is 1. The Morgan fingerprint density at radius 2 is 2.17 bits per heavy atom. The van der Waals surface area contributed by atoms with Crippen LogP contribution in [0.15, 0.2) is 18.2 Å². The van der Waals surface area contributed by atoms with Crippen molar-refractivity contribution in [1.29, 1.82) is 0 Å². The molecule has 7 heteroatoms. The van der Waals surface area contributed by atoms with Crippen LogP contribution in [0.1, 0.15) is 13.3 Å². The molecule has 98 valence electrons. The van der Waals surface area contributed by atoms with Gasteiger partial charge in [-0.05, 0) is 19.1 Å². The number of nitrogens with one attached hydrogen (secondary N) is 1. The molecule has 0 bridgehead atoms. The fourth-order valence-corrected chi connectivity index (χ4v) is 2.85. The number of halogens is 4. The molecule has 0 aliphatic carbocycles. The molecule has 0 spiro atoms. The molecule has 0 saturated carbocycles. The van der Waals surface area contributed by atoms with Gasteiger partial charge in [0.1, 0.15) is 0 Å². The van der Waals surface area contributed by atoms with Gasteiger partial charge in [0.25, 0.3) is 0 Å². The Hall–Kier alpha value is -1.01. The number of benzene rings is 1. The van der Waals surface area contributed by atoms with E-state index in [2.05, 4.69) is 10.3 Å². The molecule has 2 aromatic rings. The third kappa shape index (κ3) is 3.26. The van der Waals surface area contributed by atoms with Gasteiger partial charge in [0.05, 0.1) is 21.7 Å². The Labute approximate surface area is 111 Å². The first kappa shape index (κ1) is 13.4. The largest absolute Gasteiger partial charge is 0.391 e. The van der Waals surface area contributed by atoms with Crippen molar-refractivity contribution in [3.63, 3.8) is 0 Å². The molecule has 0 aliphatic heterocycles. The van der Waals surface area contributed by atoms with Crippen LogP contribution >= 0.6 is 22.9 Å². The first-order valence-corrected chi connectivity index (χ1v) is 6.43. The van der Waals surface area contributed by atoms with E-state index in [4.69, 9.17) is 11.6 Å². The van der Waals surface area contributed by atoms with E-state index in [0.29, 0.717) is 15.7 Å². The van der Waals surface area contributed by atoms with Crippen LogP contribution in [0.4, 0.5) is 18.3 Å². The second kappa shape index (κ2) is 4.93. The Morgan fingerprint density at radius 3 is 2.78 bits per heavy atom. The number of aromatic nitrogens is 1. The van der Waals surface area contributed by atoms with Gasteiger partial charge in [-0.15, -0.1) is 0 Å². The van der Waals surface area contributed by atoms with Crippen molar-refractivity contribution in [2.24, 2.45) is 0 Å². The maximum Gasteiger partial charge on any atom is 0.391 e. The van der Waals surface area contributed by atoms with Crippen molar-refractivity contribution in [3.05, 3.63) is 23.2 Å². The quantitative estimate of drug-likeness (QED) is 0.887. The number of rotatable bonds is 3. The minimum Gasteiger partial charge on any atom is -0.359 e. The van der Waals surface area contributed by atoms with Crippen molar-refractivity contribution >= 4 is 38.3 Å².